The van der Waals surface area contributed by atoms with Crippen molar-refractivity contribution in [2.45, 2.75) is 46.1 Å². The van der Waals surface area contributed by atoms with E-state index in [1.165, 1.54) is 0 Å². The van der Waals surface area contributed by atoms with Crippen LogP contribution in [0.15, 0.2) is 27.9 Å². The number of rotatable bonds is 8. The summed E-state index contributed by atoms with van der Waals surface area (Å²) in [6.07, 6.45) is 2.31. The van der Waals surface area contributed by atoms with Crippen LogP contribution >= 0.6 is 15.9 Å². The highest BCUT2D eigenvalue weighted by Gasteiger charge is 2.34. The molecule has 0 radical (unpaired) electrons. The Bertz CT molecular complexity index is 748. The Morgan fingerprint density at radius 2 is 2.00 bits per heavy atom. The van der Waals surface area contributed by atoms with Gasteiger partial charge in [-0.15, -0.1) is 0 Å². The van der Waals surface area contributed by atoms with Crippen LogP contribution in [-0.2, 0) is 9.53 Å². The van der Waals surface area contributed by atoms with E-state index in [2.05, 4.69) is 26.6 Å². The van der Waals surface area contributed by atoms with E-state index in [0.717, 1.165) is 12.8 Å². The lowest BCUT2D eigenvalue weighted by Crippen LogP contribution is -2.46. The molecule has 1 aromatic carbocycles. The number of carbonyl (C=O) groups is 2. The van der Waals surface area contributed by atoms with E-state index in [-0.39, 0.29) is 24.1 Å². The molecule has 0 aliphatic carbocycles. The molecular weight excluding hydrogens is 416 g/mol. The van der Waals surface area contributed by atoms with E-state index in [9.17, 15) is 14.7 Å². The van der Waals surface area contributed by atoms with Crippen LogP contribution in [0.3, 0.4) is 0 Å². The molecule has 1 aliphatic rings. The summed E-state index contributed by atoms with van der Waals surface area (Å²) in [7, 11) is 0. The van der Waals surface area contributed by atoms with Crippen molar-refractivity contribution < 1.29 is 24.2 Å². The molecule has 7 nitrogen and oxygen atoms in total. The van der Waals surface area contributed by atoms with Crippen molar-refractivity contribution in [3.8, 4) is 11.5 Å². The Morgan fingerprint density at radius 3 is 2.63 bits per heavy atom. The van der Waals surface area contributed by atoms with Gasteiger partial charge in [0, 0.05) is 5.70 Å². The van der Waals surface area contributed by atoms with Crippen molar-refractivity contribution in [1.82, 2.24) is 10.6 Å². The lowest BCUT2D eigenvalue weighted by Gasteiger charge is -2.30. The number of unbranched alkanes of at least 4 members (excludes halogenated alkanes) is 1. The van der Waals surface area contributed by atoms with Crippen LogP contribution in [0.4, 0.5) is 4.79 Å². The summed E-state index contributed by atoms with van der Waals surface area (Å²) in [6, 6.07) is 2.18. The topological polar surface area (TPSA) is 96.9 Å². The smallest absolute Gasteiger partial charge is 0.338 e. The second-order valence-electron chi connectivity index (χ2n) is 6.03. The van der Waals surface area contributed by atoms with Crippen molar-refractivity contribution >= 4 is 27.9 Å². The van der Waals surface area contributed by atoms with Crippen LogP contribution in [0.1, 0.15) is 51.6 Å². The molecule has 148 valence electrons. The Morgan fingerprint density at radius 1 is 1.26 bits per heavy atom. The molecule has 0 fully saturated rings. The van der Waals surface area contributed by atoms with Crippen LogP contribution in [-0.4, -0.2) is 30.3 Å². The lowest BCUT2D eigenvalue weighted by atomic mass is 9.93. The predicted molar refractivity (Wildman–Crippen MR) is 105 cm³/mol. The van der Waals surface area contributed by atoms with Gasteiger partial charge < -0.3 is 25.2 Å². The molecule has 0 saturated heterocycles. The molecule has 2 amide bonds. The van der Waals surface area contributed by atoms with Crippen LogP contribution in [0.2, 0.25) is 0 Å². The van der Waals surface area contributed by atoms with Gasteiger partial charge in [0.1, 0.15) is 0 Å². The first kappa shape index (κ1) is 21.1. The minimum absolute atomic E-state index is 0.0336. The van der Waals surface area contributed by atoms with Gasteiger partial charge in [-0.3, -0.25) is 0 Å². The monoisotopic (exact) mass is 440 g/mol. The molecule has 0 bridgehead atoms. The average molecular weight is 441 g/mol. The molecule has 8 heteroatoms. The molecule has 0 spiro atoms. The van der Waals surface area contributed by atoms with Crippen molar-refractivity contribution in [3.63, 3.8) is 0 Å². The molecule has 0 aromatic heterocycles. The van der Waals surface area contributed by atoms with Gasteiger partial charge >= 0.3 is 12.0 Å². The highest BCUT2D eigenvalue weighted by atomic mass is 79.9. The summed E-state index contributed by atoms with van der Waals surface area (Å²) < 4.78 is 11.1. The van der Waals surface area contributed by atoms with E-state index in [1.54, 1.807) is 26.0 Å². The maximum absolute atomic E-state index is 12.7. The lowest BCUT2D eigenvalue weighted by molar-refractivity contribution is -0.139. The average Bonchev–Trinajstić information content (AvgIpc) is 2.63. The molecule has 3 N–H and O–H groups in total. The second kappa shape index (κ2) is 9.64. The zero-order valence-electron chi connectivity index (χ0n) is 15.7. The van der Waals surface area contributed by atoms with Crippen molar-refractivity contribution in [3.05, 3.63) is 33.4 Å². The normalized spacial score (nSPS) is 16.6. The molecule has 27 heavy (non-hydrogen) atoms. The van der Waals surface area contributed by atoms with E-state index in [4.69, 9.17) is 9.47 Å². The van der Waals surface area contributed by atoms with E-state index < -0.39 is 12.0 Å². The number of urea groups is 1. The minimum atomic E-state index is -0.708. The number of halogens is 1. The van der Waals surface area contributed by atoms with E-state index in [1.807, 2.05) is 6.92 Å². The van der Waals surface area contributed by atoms with Crippen LogP contribution in [0, 0.1) is 0 Å². The largest absolute Gasteiger partial charge is 0.503 e. The minimum Gasteiger partial charge on any atom is -0.503 e. The maximum Gasteiger partial charge on any atom is 0.338 e. The molecule has 2 rings (SSSR count). The van der Waals surface area contributed by atoms with Crippen molar-refractivity contribution in [1.29, 1.82) is 0 Å². The number of amides is 2. The van der Waals surface area contributed by atoms with Gasteiger partial charge in [0.05, 0.1) is 29.3 Å². The summed E-state index contributed by atoms with van der Waals surface area (Å²) in [5.41, 5.74) is 1.53. The second-order valence-corrected chi connectivity index (χ2v) is 6.88. The maximum atomic E-state index is 12.7. The molecule has 1 atom stereocenters. The fourth-order valence-electron chi connectivity index (χ4n) is 2.89. The van der Waals surface area contributed by atoms with Gasteiger partial charge in [-0.25, -0.2) is 9.59 Å². The standard InChI is InChI=1S/C19H25BrN2O5/c1-4-7-8-13-15(18(24)27-6-3)16(22-19(25)21-13)11-9-12(20)17(23)14(10-11)26-5-2/h9-10,16,23H,4-8H2,1-3H3,(H2,21,22,25). The highest BCUT2D eigenvalue weighted by molar-refractivity contribution is 9.10. The van der Waals surface area contributed by atoms with Gasteiger partial charge in [-0.05, 0) is 60.3 Å². The van der Waals surface area contributed by atoms with E-state index in [0.29, 0.717) is 34.3 Å². The molecule has 0 saturated carbocycles. The number of aromatic hydroxyl groups is 1. The summed E-state index contributed by atoms with van der Waals surface area (Å²) in [5, 5.41) is 15.7. The summed E-state index contributed by atoms with van der Waals surface area (Å²) in [6.45, 7) is 6.17. The first-order valence-electron chi connectivity index (χ1n) is 9.05. The predicted octanol–water partition coefficient (Wildman–Crippen LogP) is 3.91. The van der Waals surface area contributed by atoms with Crippen LogP contribution in [0.5, 0.6) is 11.5 Å². The number of allylic oxidation sites excluding steroid dienone is 1. The summed E-state index contributed by atoms with van der Waals surface area (Å²) in [4.78, 5) is 24.9. The van der Waals surface area contributed by atoms with Crippen LogP contribution < -0.4 is 15.4 Å². The van der Waals surface area contributed by atoms with Crippen LogP contribution in [0.25, 0.3) is 0 Å². The molecule has 1 unspecified atom stereocenters. The number of phenols is 1. The number of hydrogen-bond donors (Lipinski definition) is 3. The van der Waals surface area contributed by atoms with Crippen molar-refractivity contribution in [2.24, 2.45) is 0 Å². The molecule has 1 heterocycles. The first-order chi connectivity index (χ1) is 12.9. The Kier molecular flexibility index (Phi) is 7.53. The number of carbonyl (C=O) groups excluding carboxylic acids is 2. The molecular formula is C19H25BrN2O5. The fraction of sp³-hybridized carbons (Fsp3) is 0.474. The zero-order chi connectivity index (χ0) is 20.0. The van der Waals surface area contributed by atoms with Gasteiger partial charge in [-0.1, -0.05) is 13.3 Å². The first-order valence-corrected chi connectivity index (χ1v) is 9.85. The number of hydrogen-bond acceptors (Lipinski definition) is 5. The third-order valence-corrected chi connectivity index (χ3v) is 4.72. The zero-order valence-corrected chi connectivity index (χ0v) is 17.3. The number of nitrogens with one attached hydrogen (secondary N) is 2. The number of phenolic OH excluding ortho intramolecular Hbond substituents is 1. The third kappa shape index (κ3) is 4.94. The summed E-state index contributed by atoms with van der Waals surface area (Å²) >= 11 is 3.30. The van der Waals surface area contributed by atoms with Gasteiger partial charge in [0.15, 0.2) is 11.5 Å². The Hall–Kier alpha value is -2.22. The molecule has 1 aromatic rings. The Balaban J connectivity index is 2.56. The van der Waals surface area contributed by atoms with Gasteiger partial charge in [0.25, 0.3) is 0 Å². The van der Waals surface area contributed by atoms with E-state index >= 15 is 0 Å². The SMILES string of the molecule is CCCCC1=C(C(=O)OCC)C(c2cc(Br)c(O)c(OCC)c2)NC(=O)N1. The number of benzene rings is 1. The summed E-state index contributed by atoms with van der Waals surface area (Å²) in [5.74, 6) is -0.245. The third-order valence-electron chi connectivity index (χ3n) is 4.11. The quantitative estimate of drug-likeness (QED) is 0.532. The molecule has 1 aliphatic heterocycles. The fourth-order valence-corrected chi connectivity index (χ4v) is 3.35. The number of esters is 1. The number of ether oxygens (including phenoxy) is 2. The van der Waals surface area contributed by atoms with Crippen molar-refractivity contribution in [2.75, 3.05) is 13.2 Å². The van der Waals surface area contributed by atoms with Gasteiger partial charge in [0.2, 0.25) is 0 Å². The Labute approximate surface area is 167 Å². The van der Waals surface area contributed by atoms with Gasteiger partial charge in [-0.2, -0.15) is 0 Å². The highest BCUT2D eigenvalue weighted by Crippen LogP contribution is 2.39.